The number of rotatable bonds is 4. The van der Waals surface area contributed by atoms with E-state index in [2.05, 4.69) is 10.3 Å². The highest BCUT2D eigenvalue weighted by molar-refractivity contribution is 5.88. The summed E-state index contributed by atoms with van der Waals surface area (Å²) in [6, 6.07) is 0. The van der Waals surface area contributed by atoms with Crippen molar-refractivity contribution in [2.45, 2.75) is 39.2 Å². The summed E-state index contributed by atoms with van der Waals surface area (Å²) < 4.78 is 6.21. The Kier molecular flexibility index (Phi) is 4.36. The number of likely N-dealkylation sites (tertiary alicyclic amines) is 1. The molecular formula is C13H20N4O3. The average Bonchev–Trinajstić information content (AvgIpc) is 3.06. The molecule has 1 aromatic rings. The molecular weight excluding hydrogens is 260 g/mol. The van der Waals surface area contributed by atoms with Crippen molar-refractivity contribution in [2.24, 2.45) is 0 Å². The van der Waals surface area contributed by atoms with Crippen LogP contribution in [-0.2, 0) is 16.1 Å². The second kappa shape index (κ2) is 6.02. The summed E-state index contributed by atoms with van der Waals surface area (Å²) in [5.74, 6) is -0.468. The van der Waals surface area contributed by atoms with Gasteiger partial charge in [-0.2, -0.15) is 0 Å². The molecule has 0 saturated carbocycles. The number of methoxy groups -OCH3 is 1. The molecule has 0 spiro atoms. The Morgan fingerprint density at radius 1 is 1.30 bits per heavy atom. The van der Waals surface area contributed by atoms with Crippen LogP contribution in [0.5, 0.6) is 0 Å². The molecule has 0 N–H and O–H groups in total. The Bertz CT molecular complexity index is 504. The minimum Gasteiger partial charge on any atom is -0.464 e. The predicted octanol–water partition coefficient (Wildman–Crippen LogP) is 0.810. The third kappa shape index (κ3) is 2.81. The predicted molar refractivity (Wildman–Crippen MR) is 71.3 cm³/mol. The molecule has 1 fully saturated rings. The fourth-order valence-electron chi connectivity index (χ4n) is 2.45. The van der Waals surface area contributed by atoms with Gasteiger partial charge >= 0.3 is 5.97 Å². The van der Waals surface area contributed by atoms with Crippen molar-refractivity contribution in [3.05, 3.63) is 11.4 Å². The molecule has 1 aliphatic rings. The van der Waals surface area contributed by atoms with Gasteiger partial charge in [0.1, 0.15) is 6.54 Å². The highest BCUT2D eigenvalue weighted by Gasteiger charge is 2.25. The Labute approximate surface area is 117 Å². The lowest BCUT2D eigenvalue weighted by molar-refractivity contribution is -0.131. The standard InChI is InChI=1S/C13H20N4O3/c1-9(2)12-11(13(19)20-3)14-15-17(12)8-10(18)16-6-4-5-7-16/h9H,4-8H2,1-3H3. The molecule has 0 unspecified atom stereocenters. The monoisotopic (exact) mass is 280 g/mol. The van der Waals surface area contributed by atoms with Gasteiger partial charge in [0.15, 0.2) is 5.69 Å². The van der Waals surface area contributed by atoms with Gasteiger partial charge in [-0.25, -0.2) is 9.48 Å². The molecule has 0 radical (unpaired) electrons. The molecule has 20 heavy (non-hydrogen) atoms. The molecule has 7 heteroatoms. The topological polar surface area (TPSA) is 77.3 Å². The SMILES string of the molecule is COC(=O)c1nnn(CC(=O)N2CCCC2)c1C(C)C. The van der Waals surface area contributed by atoms with E-state index >= 15 is 0 Å². The number of carbonyl (C=O) groups excluding carboxylic acids is 2. The Balaban J connectivity index is 2.20. The number of hydrogen-bond acceptors (Lipinski definition) is 5. The zero-order valence-corrected chi connectivity index (χ0v) is 12.1. The van der Waals surface area contributed by atoms with Crippen LogP contribution in [0.15, 0.2) is 0 Å². The third-order valence-corrected chi connectivity index (χ3v) is 3.44. The third-order valence-electron chi connectivity index (χ3n) is 3.44. The van der Waals surface area contributed by atoms with E-state index in [-0.39, 0.29) is 24.1 Å². The molecule has 0 aliphatic carbocycles. The van der Waals surface area contributed by atoms with Crippen LogP contribution in [0.3, 0.4) is 0 Å². The first-order valence-corrected chi connectivity index (χ1v) is 6.84. The molecule has 0 bridgehead atoms. The maximum absolute atomic E-state index is 12.2. The van der Waals surface area contributed by atoms with Crippen molar-refractivity contribution < 1.29 is 14.3 Å². The van der Waals surface area contributed by atoms with Crippen LogP contribution in [0.2, 0.25) is 0 Å². The van der Waals surface area contributed by atoms with E-state index in [4.69, 9.17) is 4.74 Å². The molecule has 1 saturated heterocycles. The van der Waals surface area contributed by atoms with Crippen molar-refractivity contribution in [2.75, 3.05) is 20.2 Å². The van der Waals surface area contributed by atoms with Crippen LogP contribution in [0.4, 0.5) is 0 Å². The van der Waals surface area contributed by atoms with Gasteiger partial charge in [-0.1, -0.05) is 19.1 Å². The highest BCUT2D eigenvalue weighted by atomic mass is 16.5. The number of amides is 1. The van der Waals surface area contributed by atoms with Gasteiger partial charge in [-0.15, -0.1) is 5.10 Å². The Morgan fingerprint density at radius 2 is 1.95 bits per heavy atom. The summed E-state index contributed by atoms with van der Waals surface area (Å²) in [6.07, 6.45) is 2.10. The first-order chi connectivity index (χ1) is 9.54. The number of nitrogens with zero attached hydrogens (tertiary/aromatic N) is 4. The smallest absolute Gasteiger partial charge is 0.360 e. The van der Waals surface area contributed by atoms with E-state index in [9.17, 15) is 9.59 Å². The molecule has 1 aromatic heterocycles. The van der Waals surface area contributed by atoms with Crippen LogP contribution in [-0.4, -0.2) is 52.0 Å². The van der Waals surface area contributed by atoms with Crippen LogP contribution in [0, 0.1) is 0 Å². The number of esters is 1. The second-order valence-electron chi connectivity index (χ2n) is 5.22. The van der Waals surface area contributed by atoms with Crippen LogP contribution < -0.4 is 0 Å². The van der Waals surface area contributed by atoms with Gasteiger partial charge in [-0.3, -0.25) is 4.79 Å². The zero-order valence-electron chi connectivity index (χ0n) is 12.1. The number of hydrogen-bond donors (Lipinski definition) is 0. The molecule has 0 aromatic carbocycles. The lowest BCUT2D eigenvalue weighted by Gasteiger charge is -2.16. The van der Waals surface area contributed by atoms with Crippen LogP contribution >= 0.6 is 0 Å². The van der Waals surface area contributed by atoms with Gasteiger partial charge in [0.25, 0.3) is 0 Å². The number of ether oxygens (including phenoxy) is 1. The molecule has 1 amide bonds. The number of aromatic nitrogens is 3. The Morgan fingerprint density at radius 3 is 2.50 bits per heavy atom. The van der Waals surface area contributed by atoms with E-state index in [1.807, 2.05) is 18.7 Å². The summed E-state index contributed by atoms with van der Waals surface area (Å²) >= 11 is 0. The van der Waals surface area contributed by atoms with E-state index in [1.54, 1.807) is 0 Å². The lowest BCUT2D eigenvalue weighted by atomic mass is 10.1. The first kappa shape index (κ1) is 14.5. The fraction of sp³-hybridized carbons (Fsp3) is 0.692. The van der Waals surface area contributed by atoms with Crippen molar-refractivity contribution in [3.63, 3.8) is 0 Å². The van der Waals surface area contributed by atoms with Gasteiger partial charge in [-0.05, 0) is 18.8 Å². The van der Waals surface area contributed by atoms with E-state index in [0.29, 0.717) is 5.69 Å². The van der Waals surface area contributed by atoms with Gasteiger partial charge in [0.05, 0.1) is 12.8 Å². The molecule has 2 heterocycles. The first-order valence-electron chi connectivity index (χ1n) is 6.84. The summed E-state index contributed by atoms with van der Waals surface area (Å²) in [4.78, 5) is 25.6. The molecule has 110 valence electrons. The van der Waals surface area contributed by atoms with Gasteiger partial charge < -0.3 is 9.64 Å². The molecule has 1 aliphatic heterocycles. The van der Waals surface area contributed by atoms with E-state index in [1.165, 1.54) is 11.8 Å². The minimum absolute atomic E-state index is 0.0192. The normalized spacial score (nSPS) is 14.9. The lowest BCUT2D eigenvalue weighted by Crippen LogP contribution is -2.32. The van der Waals surface area contributed by atoms with Crippen LogP contribution in [0.25, 0.3) is 0 Å². The largest absolute Gasteiger partial charge is 0.464 e. The zero-order chi connectivity index (χ0) is 14.7. The van der Waals surface area contributed by atoms with Gasteiger partial charge in [0, 0.05) is 13.1 Å². The van der Waals surface area contributed by atoms with Crippen molar-refractivity contribution in [1.82, 2.24) is 19.9 Å². The van der Waals surface area contributed by atoms with Crippen LogP contribution in [0.1, 0.15) is 48.8 Å². The maximum atomic E-state index is 12.2. The quantitative estimate of drug-likeness (QED) is 0.763. The summed E-state index contributed by atoms with van der Waals surface area (Å²) in [6.45, 7) is 5.59. The molecule has 2 rings (SSSR count). The Hall–Kier alpha value is -1.92. The average molecular weight is 280 g/mol. The maximum Gasteiger partial charge on any atom is 0.360 e. The minimum atomic E-state index is -0.520. The van der Waals surface area contributed by atoms with Crippen molar-refractivity contribution in [1.29, 1.82) is 0 Å². The van der Waals surface area contributed by atoms with Crippen molar-refractivity contribution >= 4 is 11.9 Å². The van der Waals surface area contributed by atoms with Crippen molar-refractivity contribution in [3.8, 4) is 0 Å². The molecule has 0 atom stereocenters. The van der Waals surface area contributed by atoms with E-state index < -0.39 is 5.97 Å². The highest BCUT2D eigenvalue weighted by Crippen LogP contribution is 2.19. The van der Waals surface area contributed by atoms with Gasteiger partial charge in [0.2, 0.25) is 5.91 Å². The fourth-order valence-corrected chi connectivity index (χ4v) is 2.45. The summed E-state index contributed by atoms with van der Waals surface area (Å²) in [5.41, 5.74) is 0.834. The van der Waals surface area contributed by atoms with E-state index in [0.717, 1.165) is 25.9 Å². The number of carbonyl (C=O) groups is 2. The molecule has 7 nitrogen and oxygen atoms in total. The summed E-state index contributed by atoms with van der Waals surface area (Å²) in [5, 5.41) is 7.79. The summed E-state index contributed by atoms with van der Waals surface area (Å²) in [7, 11) is 1.31. The second-order valence-corrected chi connectivity index (χ2v) is 5.22.